The highest BCUT2D eigenvalue weighted by Gasteiger charge is 2.24. The van der Waals surface area contributed by atoms with Crippen LogP contribution in [0.2, 0.25) is 0 Å². The van der Waals surface area contributed by atoms with E-state index in [0.29, 0.717) is 18.4 Å². The van der Waals surface area contributed by atoms with Crippen LogP contribution >= 0.6 is 0 Å². The van der Waals surface area contributed by atoms with Crippen molar-refractivity contribution in [1.82, 2.24) is 10.2 Å². The molecular formula is C16H32N2O. The molecule has 0 bridgehead atoms. The van der Waals surface area contributed by atoms with Crippen molar-refractivity contribution in [2.45, 2.75) is 66.3 Å². The molecule has 0 aromatic heterocycles. The predicted molar refractivity (Wildman–Crippen MR) is 81.1 cm³/mol. The van der Waals surface area contributed by atoms with Gasteiger partial charge in [-0.25, -0.2) is 0 Å². The summed E-state index contributed by atoms with van der Waals surface area (Å²) < 4.78 is 0. The number of piperidine rings is 1. The Labute approximate surface area is 119 Å². The maximum Gasteiger partial charge on any atom is 0.220 e. The molecule has 1 aliphatic heterocycles. The number of amides is 1. The van der Waals surface area contributed by atoms with Crippen LogP contribution in [0.1, 0.15) is 60.3 Å². The van der Waals surface area contributed by atoms with E-state index in [1.807, 2.05) is 0 Å². The number of hydrogen-bond acceptors (Lipinski definition) is 2. The van der Waals surface area contributed by atoms with Gasteiger partial charge in [0.05, 0.1) is 0 Å². The van der Waals surface area contributed by atoms with Crippen LogP contribution in [0.25, 0.3) is 0 Å². The monoisotopic (exact) mass is 268 g/mol. The minimum atomic E-state index is 0.0720. The van der Waals surface area contributed by atoms with Crippen molar-refractivity contribution in [2.75, 3.05) is 19.6 Å². The van der Waals surface area contributed by atoms with Gasteiger partial charge in [-0.15, -0.1) is 0 Å². The van der Waals surface area contributed by atoms with E-state index in [1.165, 1.54) is 32.4 Å². The van der Waals surface area contributed by atoms with Crippen LogP contribution in [-0.2, 0) is 4.79 Å². The lowest BCUT2D eigenvalue weighted by Crippen LogP contribution is -2.49. The minimum absolute atomic E-state index is 0.0720. The molecular weight excluding hydrogens is 236 g/mol. The maximum absolute atomic E-state index is 11.9. The van der Waals surface area contributed by atoms with Gasteiger partial charge in [0, 0.05) is 19.0 Å². The van der Waals surface area contributed by atoms with E-state index in [-0.39, 0.29) is 11.3 Å². The van der Waals surface area contributed by atoms with Gasteiger partial charge in [0.2, 0.25) is 5.91 Å². The summed E-state index contributed by atoms with van der Waals surface area (Å²) in [5.74, 6) is 0.781. The van der Waals surface area contributed by atoms with Crippen molar-refractivity contribution >= 4 is 5.91 Å². The molecule has 112 valence electrons. The highest BCUT2D eigenvalue weighted by molar-refractivity contribution is 5.76. The second-order valence-electron chi connectivity index (χ2n) is 7.45. The van der Waals surface area contributed by atoms with Crippen LogP contribution in [0.15, 0.2) is 0 Å². The predicted octanol–water partition coefficient (Wildman–Crippen LogP) is 3.05. The van der Waals surface area contributed by atoms with Gasteiger partial charge in [0.1, 0.15) is 0 Å². The number of hydrogen-bond donors (Lipinski definition) is 1. The van der Waals surface area contributed by atoms with Crippen LogP contribution in [0, 0.1) is 11.3 Å². The zero-order valence-corrected chi connectivity index (χ0v) is 13.5. The minimum Gasteiger partial charge on any atom is -0.355 e. The van der Waals surface area contributed by atoms with Crippen LogP contribution < -0.4 is 5.32 Å². The third-order valence-electron chi connectivity index (χ3n) is 3.83. The lowest BCUT2D eigenvalue weighted by molar-refractivity contribution is -0.123. The Balaban J connectivity index is 2.43. The molecule has 3 heteroatoms. The van der Waals surface area contributed by atoms with Gasteiger partial charge in [0.25, 0.3) is 0 Å². The van der Waals surface area contributed by atoms with Gasteiger partial charge < -0.3 is 5.32 Å². The van der Waals surface area contributed by atoms with Crippen LogP contribution in [0.5, 0.6) is 0 Å². The quantitative estimate of drug-likeness (QED) is 0.831. The third-order valence-corrected chi connectivity index (χ3v) is 3.83. The summed E-state index contributed by atoms with van der Waals surface area (Å²) in [6.45, 7) is 14.0. The Morgan fingerprint density at radius 2 is 1.74 bits per heavy atom. The van der Waals surface area contributed by atoms with E-state index >= 15 is 0 Å². The first-order valence-electron chi connectivity index (χ1n) is 7.80. The lowest BCUT2D eigenvalue weighted by Gasteiger charge is -2.37. The Bertz CT molecular complexity index is 275. The molecule has 1 atom stereocenters. The summed E-state index contributed by atoms with van der Waals surface area (Å²) >= 11 is 0. The van der Waals surface area contributed by atoms with Crippen molar-refractivity contribution in [3.05, 3.63) is 0 Å². The SMILES string of the molecule is CC(C)C(CNC(=O)CC(C)(C)C)N1CCCCC1. The number of carbonyl (C=O) groups is 1. The van der Waals surface area contributed by atoms with Gasteiger partial charge in [-0.3, -0.25) is 9.69 Å². The van der Waals surface area contributed by atoms with E-state index in [4.69, 9.17) is 0 Å². The largest absolute Gasteiger partial charge is 0.355 e. The van der Waals surface area contributed by atoms with Gasteiger partial charge in [0.15, 0.2) is 0 Å². The fourth-order valence-electron chi connectivity index (χ4n) is 2.80. The van der Waals surface area contributed by atoms with Gasteiger partial charge in [-0.1, -0.05) is 41.0 Å². The van der Waals surface area contributed by atoms with Crippen LogP contribution in [0.3, 0.4) is 0 Å². The zero-order chi connectivity index (χ0) is 14.5. The van der Waals surface area contributed by atoms with Crippen molar-refractivity contribution in [1.29, 1.82) is 0 Å². The van der Waals surface area contributed by atoms with Gasteiger partial charge in [-0.05, 0) is 37.3 Å². The number of nitrogens with one attached hydrogen (secondary N) is 1. The summed E-state index contributed by atoms with van der Waals surface area (Å²) in [6.07, 6.45) is 4.58. The van der Waals surface area contributed by atoms with E-state index < -0.39 is 0 Å². The van der Waals surface area contributed by atoms with Gasteiger partial charge in [-0.2, -0.15) is 0 Å². The molecule has 0 aliphatic carbocycles. The molecule has 1 unspecified atom stereocenters. The normalized spacial score (nSPS) is 19.5. The van der Waals surface area contributed by atoms with Crippen molar-refractivity contribution < 1.29 is 4.79 Å². The summed E-state index contributed by atoms with van der Waals surface area (Å²) in [6, 6.07) is 0.490. The third kappa shape index (κ3) is 6.42. The second kappa shape index (κ2) is 7.28. The standard InChI is InChI=1S/C16H32N2O/c1-13(2)14(18-9-7-6-8-10-18)12-17-15(19)11-16(3,4)5/h13-14H,6-12H2,1-5H3,(H,17,19). The van der Waals surface area contributed by atoms with E-state index in [9.17, 15) is 4.79 Å². The Morgan fingerprint density at radius 1 is 1.16 bits per heavy atom. The first-order valence-corrected chi connectivity index (χ1v) is 7.80. The molecule has 0 saturated carbocycles. The van der Waals surface area contributed by atoms with E-state index in [2.05, 4.69) is 44.8 Å². The number of likely N-dealkylation sites (tertiary alicyclic amines) is 1. The molecule has 1 aliphatic rings. The van der Waals surface area contributed by atoms with E-state index in [0.717, 1.165) is 6.54 Å². The molecule has 0 radical (unpaired) electrons. The number of rotatable bonds is 5. The zero-order valence-electron chi connectivity index (χ0n) is 13.5. The number of carbonyl (C=O) groups excluding carboxylic acids is 1. The fraction of sp³-hybridized carbons (Fsp3) is 0.938. The van der Waals surface area contributed by atoms with Crippen molar-refractivity contribution in [2.24, 2.45) is 11.3 Å². The Morgan fingerprint density at radius 3 is 2.21 bits per heavy atom. The highest BCUT2D eigenvalue weighted by Crippen LogP contribution is 2.19. The van der Waals surface area contributed by atoms with E-state index in [1.54, 1.807) is 0 Å². The summed E-state index contributed by atoms with van der Waals surface area (Å²) in [7, 11) is 0. The molecule has 1 rings (SSSR count). The topological polar surface area (TPSA) is 32.3 Å². The molecule has 1 saturated heterocycles. The second-order valence-corrected chi connectivity index (χ2v) is 7.45. The Kier molecular flexibility index (Phi) is 6.31. The summed E-state index contributed by atoms with van der Waals surface area (Å²) in [4.78, 5) is 14.5. The average Bonchev–Trinajstić information content (AvgIpc) is 2.27. The molecule has 1 amide bonds. The average molecular weight is 268 g/mol. The molecule has 1 N–H and O–H groups in total. The molecule has 0 spiro atoms. The maximum atomic E-state index is 11.9. The molecule has 0 aromatic rings. The molecule has 19 heavy (non-hydrogen) atoms. The lowest BCUT2D eigenvalue weighted by atomic mass is 9.92. The van der Waals surface area contributed by atoms with Crippen molar-refractivity contribution in [3.63, 3.8) is 0 Å². The molecule has 1 fully saturated rings. The summed E-state index contributed by atoms with van der Waals surface area (Å²) in [5.41, 5.74) is 0.0720. The van der Waals surface area contributed by atoms with Crippen LogP contribution in [0.4, 0.5) is 0 Å². The highest BCUT2D eigenvalue weighted by atomic mass is 16.1. The smallest absolute Gasteiger partial charge is 0.220 e. The summed E-state index contributed by atoms with van der Waals surface area (Å²) in [5, 5.41) is 3.14. The first-order chi connectivity index (χ1) is 8.79. The first kappa shape index (κ1) is 16.5. The van der Waals surface area contributed by atoms with Gasteiger partial charge >= 0.3 is 0 Å². The van der Waals surface area contributed by atoms with Crippen LogP contribution in [-0.4, -0.2) is 36.5 Å². The number of nitrogens with zero attached hydrogens (tertiary/aromatic N) is 1. The Hall–Kier alpha value is -0.570. The van der Waals surface area contributed by atoms with Crippen molar-refractivity contribution in [3.8, 4) is 0 Å². The molecule has 1 heterocycles. The fourth-order valence-corrected chi connectivity index (χ4v) is 2.80. The molecule has 3 nitrogen and oxygen atoms in total. The molecule has 0 aromatic carbocycles.